The minimum Gasteiger partial charge on any atom is -0.508 e. The van der Waals surface area contributed by atoms with Crippen molar-refractivity contribution in [3.05, 3.63) is 87.5 Å². The van der Waals surface area contributed by atoms with Crippen molar-refractivity contribution in [2.45, 2.75) is 18.4 Å². The van der Waals surface area contributed by atoms with E-state index in [9.17, 15) is 28.4 Å². The fourth-order valence-corrected chi connectivity index (χ4v) is 4.41. The second-order valence-electron chi connectivity index (χ2n) is 7.04. The van der Waals surface area contributed by atoms with Gasteiger partial charge in [0.1, 0.15) is 11.5 Å². The lowest BCUT2D eigenvalue weighted by Crippen LogP contribution is -2.24. The van der Waals surface area contributed by atoms with Crippen molar-refractivity contribution in [1.29, 1.82) is 0 Å². The molecule has 0 heterocycles. The third kappa shape index (κ3) is 5.39. The van der Waals surface area contributed by atoms with E-state index < -0.39 is 20.9 Å². The van der Waals surface area contributed by atoms with Crippen molar-refractivity contribution in [1.82, 2.24) is 5.32 Å². The number of benzene rings is 3. The molecule has 0 radical (unpaired) electrons. The predicted molar refractivity (Wildman–Crippen MR) is 121 cm³/mol. The average molecular weight is 471 g/mol. The molecule has 0 spiro atoms. The maximum absolute atomic E-state index is 13.0. The molecule has 0 aliphatic carbocycles. The Morgan fingerprint density at radius 2 is 1.85 bits per heavy atom. The molecule has 0 bridgehead atoms. The van der Waals surface area contributed by atoms with Crippen molar-refractivity contribution < 1.29 is 28.0 Å². The van der Waals surface area contributed by atoms with Crippen molar-refractivity contribution in [3.63, 3.8) is 0 Å². The number of nitro benzene ring substituents is 1. The third-order valence-electron chi connectivity index (χ3n) is 4.80. The Kier molecular flexibility index (Phi) is 6.83. The number of phenols is 1. The Balaban J connectivity index is 1.83. The van der Waals surface area contributed by atoms with Gasteiger partial charge >= 0.3 is 0 Å². The number of sulfonamides is 1. The highest BCUT2D eigenvalue weighted by Crippen LogP contribution is 2.28. The molecule has 0 atom stereocenters. The number of aromatic hydroxyl groups is 1. The quantitative estimate of drug-likeness (QED) is 0.337. The first kappa shape index (κ1) is 23.5. The lowest BCUT2D eigenvalue weighted by molar-refractivity contribution is -0.384. The summed E-state index contributed by atoms with van der Waals surface area (Å²) in [6.07, 6.45) is 0. The van der Waals surface area contributed by atoms with Crippen LogP contribution in [0.5, 0.6) is 11.5 Å². The lowest BCUT2D eigenvalue weighted by atomic mass is 10.1. The highest BCUT2D eigenvalue weighted by molar-refractivity contribution is 7.92. The minimum absolute atomic E-state index is 0.0610. The van der Waals surface area contributed by atoms with Crippen LogP contribution in [0, 0.1) is 17.0 Å². The van der Waals surface area contributed by atoms with Crippen molar-refractivity contribution in [2.24, 2.45) is 0 Å². The van der Waals surface area contributed by atoms with Gasteiger partial charge in [0.05, 0.1) is 22.6 Å². The largest absolute Gasteiger partial charge is 0.508 e. The molecule has 3 N–H and O–H groups in total. The zero-order valence-corrected chi connectivity index (χ0v) is 18.5. The number of carbonyl (C=O) groups excluding carboxylic acids is 1. The fourth-order valence-electron chi connectivity index (χ4n) is 3.06. The van der Waals surface area contributed by atoms with Crippen LogP contribution in [0.15, 0.2) is 65.6 Å². The van der Waals surface area contributed by atoms with Crippen LogP contribution in [0.4, 0.5) is 11.4 Å². The number of hydrogen-bond donors (Lipinski definition) is 3. The number of carbonyl (C=O) groups is 1. The second-order valence-corrected chi connectivity index (χ2v) is 8.69. The molecule has 0 saturated heterocycles. The number of nitrogens with zero attached hydrogens (tertiary/aromatic N) is 1. The maximum atomic E-state index is 13.0. The second kappa shape index (κ2) is 9.57. The van der Waals surface area contributed by atoms with E-state index in [-0.39, 0.29) is 39.7 Å². The van der Waals surface area contributed by atoms with Crippen molar-refractivity contribution in [3.8, 4) is 11.5 Å². The molecule has 0 aliphatic rings. The van der Waals surface area contributed by atoms with Gasteiger partial charge < -0.3 is 15.2 Å². The number of hydrogen-bond acceptors (Lipinski definition) is 7. The van der Waals surface area contributed by atoms with Crippen LogP contribution in [0.2, 0.25) is 0 Å². The SMILES string of the molecule is COc1ccccc1NS(=O)(=O)c1cc(C(=O)NCc2cc([N+](=O)[O-])ccc2O)ccc1C. The summed E-state index contributed by atoms with van der Waals surface area (Å²) >= 11 is 0. The zero-order valence-electron chi connectivity index (χ0n) is 17.7. The van der Waals surface area contributed by atoms with E-state index in [0.29, 0.717) is 11.3 Å². The molecule has 0 unspecified atom stereocenters. The number of amides is 1. The van der Waals surface area contributed by atoms with Gasteiger partial charge in [-0.1, -0.05) is 18.2 Å². The summed E-state index contributed by atoms with van der Waals surface area (Å²) in [7, 11) is -2.63. The highest BCUT2D eigenvalue weighted by atomic mass is 32.2. The first-order valence-electron chi connectivity index (χ1n) is 9.63. The zero-order chi connectivity index (χ0) is 24.2. The lowest BCUT2D eigenvalue weighted by Gasteiger charge is -2.14. The summed E-state index contributed by atoms with van der Waals surface area (Å²) in [5, 5.41) is 23.4. The number of non-ortho nitro benzene ring substituents is 1. The first-order valence-corrected chi connectivity index (χ1v) is 11.1. The van der Waals surface area contributed by atoms with Gasteiger partial charge in [-0.3, -0.25) is 19.6 Å². The Labute approximate surface area is 190 Å². The molecule has 3 aromatic rings. The van der Waals surface area contributed by atoms with Crippen LogP contribution >= 0.6 is 0 Å². The van der Waals surface area contributed by atoms with Gasteiger partial charge in [0, 0.05) is 29.8 Å². The summed E-state index contributed by atoms with van der Waals surface area (Å²) in [5.74, 6) is -0.492. The number of aryl methyl sites for hydroxylation is 1. The van der Waals surface area contributed by atoms with Crippen LogP contribution in [0.1, 0.15) is 21.5 Å². The van der Waals surface area contributed by atoms with E-state index in [1.165, 1.54) is 31.4 Å². The molecule has 172 valence electrons. The number of ether oxygens (including phenoxy) is 1. The van der Waals surface area contributed by atoms with E-state index in [0.717, 1.165) is 12.1 Å². The number of anilines is 1. The topological polar surface area (TPSA) is 148 Å². The van der Waals surface area contributed by atoms with Gasteiger partial charge in [0.2, 0.25) is 0 Å². The molecule has 3 aromatic carbocycles. The van der Waals surface area contributed by atoms with E-state index in [1.807, 2.05) is 0 Å². The molecule has 11 heteroatoms. The number of nitrogens with one attached hydrogen (secondary N) is 2. The summed E-state index contributed by atoms with van der Waals surface area (Å²) < 4.78 is 33.6. The van der Waals surface area contributed by atoms with Gasteiger partial charge in [-0.2, -0.15) is 0 Å². The predicted octanol–water partition coefficient (Wildman–Crippen LogP) is 3.35. The minimum atomic E-state index is -4.05. The number of para-hydroxylation sites is 2. The van der Waals surface area contributed by atoms with Crippen molar-refractivity contribution in [2.75, 3.05) is 11.8 Å². The van der Waals surface area contributed by atoms with Crippen molar-refractivity contribution >= 4 is 27.3 Å². The summed E-state index contributed by atoms with van der Waals surface area (Å²) in [6, 6.07) is 14.2. The molecular formula is C22H21N3O7S. The first-order chi connectivity index (χ1) is 15.6. The number of nitro groups is 1. The van der Waals surface area contributed by atoms with E-state index in [2.05, 4.69) is 10.0 Å². The fraction of sp³-hybridized carbons (Fsp3) is 0.136. The molecule has 0 saturated carbocycles. The molecule has 0 fully saturated rings. The van der Waals surface area contributed by atoms with Gasteiger partial charge in [-0.15, -0.1) is 0 Å². The van der Waals surface area contributed by atoms with Crippen LogP contribution in [-0.2, 0) is 16.6 Å². The van der Waals surface area contributed by atoms with Crippen LogP contribution in [-0.4, -0.2) is 31.5 Å². The van der Waals surface area contributed by atoms with Crippen LogP contribution < -0.4 is 14.8 Å². The van der Waals surface area contributed by atoms with E-state index in [1.54, 1.807) is 31.2 Å². The van der Waals surface area contributed by atoms with E-state index in [4.69, 9.17) is 4.74 Å². The Hall–Kier alpha value is -4.12. The normalized spacial score (nSPS) is 11.0. The Bertz CT molecular complexity index is 1320. The maximum Gasteiger partial charge on any atom is 0.270 e. The molecular weight excluding hydrogens is 450 g/mol. The molecule has 10 nitrogen and oxygen atoms in total. The highest BCUT2D eigenvalue weighted by Gasteiger charge is 2.21. The molecule has 33 heavy (non-hydrogen) atoms. The van der Waals surface area contributed by atoms with Gasteiger partial charge in [0.25, 0.3) is 21.6 Å². The smallest absolute Gasteiger partial charge is 0.270 e. The van der Waals surface area contributed by atoms with Gasteiger partial charge in [-0.25, -0.2) is 8.42 Å². The summed E-state index contributed by atoms with van der Waals surface area (Å²) in [4.78, 5) is 22.8. The van der Waals surface area contributed by atoms with Crippen LogP contribution in [0.25, 0.3) is 0 Å². The molecule has 3 rings (SSSR count). The van der Waals surface area contributed by atoms with Gasteiger partial charge in [-0.05, 0) is 42.8 Å². The van der Waals surface area contributed by atoms with Gasteiger partial charge in [0.15, 0.2) is 0 Å². The Morgan fingerprint density at radius 3 is 2.55 bits per heavy atom. The Morgan fingerprint density at radius 1 is 1.12 bits per heavy atom. The average Bonchev–Trinajstić information content (AvgIpc) is 2.78. The summed E-state index contributed by atoms with van der Waals surface area (Å²) in [6.45, 7) is 1.40. The molecule has 0 aliphatic heterocycles. The number of rotatable bonds is 8. The molecule has 1 amide bonds. The van der Waals surface area contributed by atoms with Crippen LogP contribution in [0.3, 0.4) is 0 Å². The number of methoxy groups -OCH3 is 1. The summed E-state index contributed by atoms with van der Waals surface area (Å²) in [5.41, 5.74) is 0.644. The van der Waals surface area contributed by atoms with E-state index >= 15 is 0 Å². The number of phenolic OH excluding ortho intramolecular Hbond substituents is 1. The standard InChI is InChI=1S/C22H21N3O7S/c1-14-7-8-15(22(27)23-13-16-11-17(25(28)29)9-10-19(16)26)12-21(14)33(30,31)24-18-5-3-4-6-20(18)32-2/h3-12,24,26H,13H2,1-2H3,(H,23,27). The third-order valence-corrected chi connectivity index (χ3v) is 6.31. The molecule has 0 aromatic heterocycles. The monoisotopic (exact) mass is 471 g/mol.